The minimum atomic E-state index is -0.349. The molecule has 0 saturated heterocycles. The molecule has 0 aliphatic carbocycles. The van der Waals surface area contributed by atoms with Crippen molar-refractivity contribution in [2.45, 2.75) is 38.9 Å². The minimum Gasteiger partial charge on any atom is -0.369 e. The first-order valence-electron chi connectivity index (χ1n) is 6.13. The first-order valence-corrected chi connectivity index (χ1v) is 6.13. The number of pyridine rings is 1. The molecule has 0 aliphatic heterocycles. The summed E-state index contributed by atoms with van der Waals surface area (Å²) in [5.74, 6) is -0.349. The summed E-state index contributed by atoms with van der Waals surface area (Å²) in [6, 6.07) is 3.83. The quantitative estimate of drug-likeness (QED) is 0.777. The zero-order chi connectivity index (χ0) is 13.7. The monoisotopic (exact) mass is 250 g/mol. The number of hydrogen-bond donors (Lipinski definition) is 2. The van der Waals surface area contributed by atoms with E-state index in [1.54, 1.807) is 12.4 Å². The lowest BCUT2D eigenvalue weighted by molar-refractivity contribution is -0.120. The van der Waals surface area contributed by atoms with Crippen LogP contribution in [0, 0.1) is 0 Å². The summed E-state index contributed by atoms with van der Waals surface area (Å²) in [6.07, 6.45) is 3.50. The van der Waals surface area contributed by atoms with E-state index in [2.05, 4.69) is 4.98 Å². The standard InChI is InChI=1S/C13H22N4O/c1-9(2)17(8-12(15)18)13(10(3)14)11-5-4-6-16-7-11/h4-7,9-10,13H,8,14H2,1-3H3,(H2,15,18). The number of hydrogen-bond acceptors (Lipinski definition) is 4. The molecule has 0 aliphatic rings. The Bertz CT molecular complexity index is 378. The van der Waals surface area contributed by atoms with Crippen LogP contribution in [0.15, 0.2) is 24.5 Å². The Hall–Kier alpha value is -1.46. The van der Waals surface area contributed by atoms with Crippen molar-refractivity contribution in [3.05, 3.63) is 30.1 Å². The van der Waals surface area contributed by atoms with Gasteiger partial charge in [0.2, 0.25) is 5.91 Å². The van der Waals surface area contributed by atoms with Gasteiger partial charge in [-0.2, -0.15) is 0 Å². The Labute approximate surface area is 108 Å². The molecule has 1 rings (SSSR count). The van der Waals surface area contributed by atoms with Crippen LogP contribution >= 0.6 is 0 Å². The van der Waals surface area contributed by atoms with Crippen molar-refractivity contribution in [2.75, 3.05) is 6.54 Å². The minimum absolute atomic E-state index is 0.0637. The highest BCUT2D eigenvalue weighted by Crippen LogP contribution is 2.24. The second kappa shape index (κ2) is 6.47. The summed E-state index contributed by atoms with van der Waals surface area (Å²) < 4.78 is 0. The van der Waals surface area contributed by atoms with E-state index in [-0.39, 0.29) is 30.6 Å². The van der Waals surface area contributed by atoms with Crippen molar-refractivity contribution in [3.63, 3.8) is 0 Å². The Morgan fingerprint density at radius 2 is 2.11 bits per heavy atom. The molecule has 1 aromatic heterocycles. The molecule has 2 atom stereocenters. The van der Waals surface area contributed by atoms with Gasteiger partial charge in [0.05, 0.1) is 12.6 Å². The second-order valence-corrected chi connectivity index (χ2v) is 4.82. The summed E-state index contributed by atoms with van der Waals surface area (Å²) in [6.45, 7) is 6.16. The molecule has 0 fully saturated rings. The Balaban J connectivity index is 3.05. The maximum absolute atomic E-state index is 11.2. The van der Waals surface area contributed by atoms with Crippen LogP contribution < -0.4 is 11.5 Å². The van der Waals surface area contributed by atoms with Crippen LogP contribution in [0.25, 0.3) is 0 Å². The van der Waals surface area contributed by atoms with Gasteiger partial charge in [0.1, 0.15) is 0 Å². The van der Waals surface area contributed by atoms with Crippen LogP contribution in [-0.4, -0.2) is 34.4 Å². The molecule has 0 bridgehead atoms. The summed E-state index contributed by atoms with van der Waals surface area (Å²) in [5, 5.41) is 0. The number of nitrogens with two attached hydrogens (primary N) is 2. The van der Waals surface area contributed by atoms with Crippen LogP contribution in [0.3, 0.4) is 0 Å². The van der Waals surface area contributed by atoms with Gasteiger partial charge in [0.15, 0.2) is 0 Å². The SMILES string of the molecule is CC(N)C(c1cccnc1)N(CC(N)=O)C(C)C. The molecular formula is C13H22N4O. The second-order valence-electron chi connectivity index (χ2n) is 4.82. The third-order valence-corrected chi connectivity index (χ3v) is 2.88. The highest BCUT2D eigenvalue weighted by atomic mass is 16.1. The molecule has 1 aromatic rings. The molecule has 0 saturated carbocycles. The van der Waals surface area contributed by atoms with E-state index in [0.29, 0.717) is 0 Å². The maximum Gasteiger partial charge on any atom is 0.231 e. The fourth-order valence-corrected chi connectivity index (χ4v) is 2.13. The molecule has 4 N–H and O–H groups in total. The highest BCUT2D eigenvalue weighted by molar-refractivity contribution is 5.76. The van der Waals surface area contributed by atoms with Gasteiger partial charge in [-0.25, -0.2) is 0 Å². The first-order chi connectivity index (χ1) is 8.43. The molecule has 1 heterocycles. The van der Waals surface area contributed by atoms with Crippen LogP contribution in [0.2, 0.25) is 0 Å². The molecule has 1 amide bonds. The van der Waals surface area contributed by atoms with E-state index in [9.17, 15) is 4.79 Å². The van der Waals surface area contributed by atoms with E-state index in [1.165, 1.54) is 0 Å². The first kappa shape index (κ1) is 14.6. The lowest BCUT2D eigenvalue weighted by Crippen LogP contribution is -2.46. The third-order valence-electron chi connectivity index (χ3n) is 2.88. The number of aromatic nitrogens is 1. The van der Waals surface area contributed by atoms with E-state index >= 15 is 0 Å². The smallest absolute Gasteiger partial charge is 0.231 e. The van der Waals surface area contributed by atoms with Gasteiger partial charge >= 0.3 is 0 Å². The predicted octanol–water partition coefficient (Wildman–Crippen LogP) is 0.666. The summed E-state index contributed by atoms with van der Waals surface area (Å²) in [4.78, 5) is 17.3. The number of primary amides is 1. The molecule has 5 heteroatoms. The van der Waals surface area contributed by atoms with Crippen molar-refractivity contribution < 1.29 is 4.79 Å². The van der Waals surface area contributed by atoms with Gasteiger partial charge in [-0.15, -0.1) is 0 Å². The van der Waals surface area contributed by atoms with Crippen LogP contribution in [0.5, 0.6) is 0 Å². The molecule has 5 nitrogen and oxygen atoms in total. The zero-order valence-corrected chi connectivity index (χ0v) is 11.2. The molecule has 100 valence electrons. The lowest BCUT2D eigenvalue weighted by atomic mass is 9.99. The number of amides is 1. The van der Waals surface area contributed by atoms with Gasteiger partial charge in [0.25, 0.3) is 0 Å². The van der Waals surface area contributed by atoms with Crippen molar-refractivity contribution in [1.29, 1.82) is 0 Å². The Morgan fingerprint density at radius 3 is 2.50 bits per heavy atom. The predicted molar refractivity (Wildman–Crippen MR) is 71.7 cm³/mol. The van der Waals surface area contributed by atoms with Gasteiger partial charge in [-0.1, -0.05) is 6.07 Å². The largest absolute Gasteiger partial charge is 0.369 e. The van der Waals surface area contributed by atoms with E-state index in [1.807, 2.05) is 37.8 Å². The van der Waals surface area contributed by atoms with E-state index in [0.717, 1.165) is 5.56 Å². The van der Waals surface area contributed by atoms with Crippen molar-refractivity contribution in [3.8, 4) is 0 Å². The third kappa shape index (κ3) is 3.78. The molecular weight excluding hydrogens is 228 g/mol. The maximum atomic E-state index is 11.2. The molecule has 18 heavy (non-hydrogen) atoms. The molecule has 2 unspecified atom stereocenters. The van der Waals surface area contributed by atoms with Gasteiger partial charge < -0.3 is 11.5 Å². The molecule has 0 spiro atoms. The Kier molecular flexibility index (Phi) is 5.25. The van der Waals surface area contributed by atoms with E-state index < -0.39 is 0 Å². The van der Waals surface area contributed by atoms with E-state index in [4.69, 9.17) is 11.5 Å². The topological polar surface area (TPSA) is 85.2 Å². The highest BCUT2D eigenvalue weighted by Gasteiger charge is 2.27. The van der Waals surface area contributed by atoms with Crippen LogP contribution in [0.1, 0.15) is 32.4 Å². The fraction of sp³-hybridized carbons (Fsp3) is 0.538. The zero-order valence-electron chi connectivity index (χ0n) is 11.2. The lowest BCUT2D eigenvalue weighted by Gasteiger charge is -2.36. The Morgan fingerprint density at radius 1 is 1.44 bits per heavy atom. The number of rotatable bonds is 6. The van der Waals surface area contributed by atoms with Gasteiger partial charge in [-0.3, -0.25) is 14.7 Å². The molecule has 0 radical (unpaired) electrons. The van der Waals surface area contributed by atoms with Crippen LogP contribution in [-0.2, 0) is 4.79 Å². The average Bonchev–Trinajstić information content (AvgIpc) is 2.28. The number of carbonyl (C=O) groups is 1. The molecule has 0 aromatic carbocycles. The average molecular weight is 250 g/mol. The van der Waals surface area contributed by atoms with Crippen molar-refractivity contribution >= 4 is 5.91 Å². The van der Waals surface area contributed by atoms with Crippen LogP contribution in [0.4, 0.5) is 0 Å². The van der Waals surface area contributed by atoms with Gasteiger partial charge in [-0.05, 0) is 32.4 Å². The number of nitrogens with zero attached hydrogens (tertiary/aromatic N) is 2. The fourth-order valence-electron chi connectivity index (χ4n) is 2.13. The van der Waals surface area contributed by atoms with Crippen molar-refractivity contribution in [1.82, 2.24) is 9.88 Å². The summed E-state index contributed by atoms with van der Waals surface area (Å²) in [5.41, 5.74) is 12.4. The van der Waals surface area contributed by atoms with Crippen molar-refractivity contribution in [2.24, 2.45) is 11.5 Å². The normalized spacial score (nSPS) is 14.8. The summed E-state index contributed by atoms with van der Waals surface area (Å²) >= 11 is 0. The number of carbonyl (C=O) groups excluding carboxylic acids is 1. The summed E-state index contributed by atoms with van der Waals surface area (Å²) in [7, 11) is 0. The van der Waals surface area contributed by atoms with Gasteiger partial charge in [0, 0.05) is 24.5 Å².